The number of rotatable bonds is 6. The van der Waals surface area contributed by atoms with E-state index in [1.54, 1.807) is 16.8 Å². The molecule has 0 atom stereocenters. The summed E-state index contributed by atoms with van der Waals surface area (Å²) in [6.45, 7) is 2.37. The van der Waals surface area contributed by atoms with Gasteiger partial charge in [-0.05, 0) is 18.6 Å². The van der Waals surface area contributed by atoms with E-state index in [1.807, 2.05) is 6.92 Å². The lowest BCUT2D eigenvalue weighted by Gasteiger charge is -2.06. The minimum absolute atomic E-state index is 0.0956. The Morgan fingerprint density at radius 3 is 2.92 bits per heavy atom. The van der Waals surface area contributed by atoms with Gasteiger partial charge >= 0.3 is 0 Å². The van der Waals surface area contributed by atoms with Crippen molar-refractivity contribution in [1.82, 2.24) is 24.9 Å². The van der Waals surface area contributed by atoms with Crippen LogP contribution in [0.4, 0.5) is 8.78 Å². The summed E-state index contributed by atoms with van der Waals surface area (Å²) in [4.78, 5) is 16.1. The molecule has 0 aliphatic carbocycles. The van der Waals surface area contributed by atoms with Crippen LogP contribution in [0.1, 0.15) is 18.3 Å². The van der Waals surface area contributed by atoms with E-state index >= 15 is 0 Å². The largest absolute Gasteiger partial charge is 0.475 e. The van der Waals surface area contributed by atoms with Crippen LogP contribution in [-0.4, -0.2) is 32.1 Å². The summed E-state index contributed by atoms with van der Waals surface area (Å²) in [6.07, 6.45) is 2.99. The van der Waals surface area contributed by atoms with Crippen LogP contribution in [0.2, 0.25) is 0 Å². The molecule has 1 N–H and O–H groups in total. The molecule has 2 aromatic heterocycles. The molecule has 0 aliphatic rings. The van der Waals surface area contributed by atoms with Crippen molar-refractivity contribution in [2.24, 2.45) is 0 Å². The number of carbonyl (C=O) groups excluding carboxylic acids is 1. The first-order valence-corrected chi connectivity index (χ1v) is 7.60. The molecule has 3 aromatic rings. The Morgan fingerprint density at radius 2 is 2.16 bits per heavy atom. The Kier molecular flexibility index (Phi) is 4.82. The molecule has 25 heavy (non-hydrogen) atoms. The summed E-state index contributed by atoms with van der Waals surface area (Å²) in [5.41, 5.74) is 0.561. The van der Waals surface area contributed by atoms with Gasteiger partial charge in [0.15, 0.2) is 5.82 Å². The lowest BCUT2D eigenvalue weighted by molar-refractivity contribution is -0.120. The van der Waals surface area contributed by atoms with E-state index in [-0.39, 0.29) is 18.5 Å². The summed E-state index contributed by atoms with van der Waals surface area (Å²) < 4.78 is 33.5. The Labute approximate surface area is 141 Å². The van der Waals surface area contributed by atoms with E-state index in [9.17, 15) is 13.6 Å². The zero-order valence-electron chi connectivity index (χ0n) is 13.4. The van der Waals surface area contributed by atoms with Crippen molar-refractivity contribution in [3.05, 3.63) is 53.6 Å². The molecule has 7 nitrogen and oxygen atoms in total. The number of hydrogen-bond acceptors (Lipinski definition) is 5. The molecular weight excluding hydrogens is 332 g/mol. The Morgan fingerprint density at radius 1 is 1.32 bits per heavy atom. The number of benzene rings is 1. The third-order valence-electron chi connectivity index (χ3n) is 3.46. The molecule has 0 saturated heterocycles. The summed E-state index contributed by atoms with van der Waals surface area (Å²) >= 11 is 0. The number of hydrogen-bond donors (Lipinski definition) is 1. The van der Waals surface area contributed by atoms with Crippen molar-refractivity contribution in [1.29, 1.82) is 0 Å². The van der Waals surface area contributed by atoms with Crippen molar-refractivity contribution >= 4 is 11.6 Å². The highest BCUT2D eigenvalue weighted by Gasteiger charge is 2.13. The highest BCUT2D eigenvalue weighted by Crippen LogP contribution is 2.15. The van der Waals surface area contributed by atoms with Crippen molar-refractivity contribution in [2.45, 2.75) is 19.9 Å². The molecule has 130 valence electrons. The van der Waals surface area contributed by atoms with Crippen LogP contribution in [0.5, 0.6) is 5.88 Å². The topological polar surface area (TPSA) is 81.4 Å². The van der Waals surface area contributed by atoms with Crippen LogP contribution in [0.25, 0.3) is 5.65 Å². The van der Waals surface area contributed by atoms with E-state index in [0.717, 1.165) is 12.1 Å². The molecule has 0 radical (unpaired) electrons. The van der Waals surface area contributed by atoms with Crippen LogP contribution < -0.4 is 10.1 Å². The van der Waals surface area contributed by atoms with Gasteiger partial charge in [-0.25, -0.2) is 13.8 Å². The van der Waals surface area contributed by atoms with Gasteiger partial charge in [-0.3, -0.25) is 9.20 Å². The molecule has 0 unspecified atom stereocenters. The number of nitrogens with zero attached hydrogens (tertiary/aromatic N) is 4. The number of amides is 1. The minimum Gasteiger partial charge on any atom is -0.475 e. The van der Waals surface area contributed by atoms with Gasteiger partial charge in [-0.2, -0.15) is 0 Å². The molecule has 9 heteroatoms. The molecule has 0 bridgehead atoms. The SMILES string of the molecule is CCOc1nccn2c(CNC(=O)Cc3ccc(F)cc3F)nnc12. The second kappa shape index (κ2) is 7.20. The summed E-state index contributed by atoms with van der Waals surface area (Å²) in [7, 11) is 0. The molecule has 0 fully saturated rings. The second-order valence-electron chi connectivity index (χ2n) is 5.16. The molecular formula is C16H15F2N5O2. The van der Waals surface area contributed by atoms with Gasteiger partial charge in [-0.1, -0.05) is 6.07 Å². The lowest BCUT2D eigenvalue weighted by atomic mass is 10.1. The van der Waals surface area contributed by atoms with Crippen molar-refractivity contribution in [3.8, 4) is 5.88 Å². The zero-order valence-corrected chi connectivity index (χ0v) is 13.4. The van der Waals surface area contributed by atoms with Gasteiger partial charge < -0.3 is 10.1 Å². The Bertz CT molecular complexity index is 913. The zero-order chi connectivity index (χ0) is 17.8. The maximum atomic E-state index is 13.6. The van der Waals surface area contributed by atoms with Crippen LogP contribution in [0, 0.1) is 11.6 Å². The first kappa shape index (κ1) is 16.7. The number of halogens is 2. The maximum Gasteiger partial charge on any atom is 0.260 e. The fourth-order valence-corrected chi connectivity index (χ4v) is 2.29. The third kappa shape index (κ3) is 3.70. The van der Waals surface area contributed by atoms with E-state index < -0.39 is 17.5 Å². The van der Waals surface area contributed by atoms with Crippen molar-refractivity contribution in [2.75, 3.05) is 6.61 Å². The molecule has 1 amide bonds. The summed E-state index contributed by atoms with van der Waals surface area (Å²) in [5, 5.41) is 10.6. The quantitative estimate of drug-likeness (QED) is 0.733. The summed E-state index contributed by atoms with van der Waals surface area (Å²) in [6, 6.07) is 3.10. The normalized spacial score (nSPS) is 10.8. The predicted molar refractivity (Wildman–Crippen MR) is 83.9 cm³/mol. The van der Waals surface area contributed by atoms with E-state index in [4.69, 9.17) is 4.74 Å². The first-order chi connectivity index (χ1) is 12.1. The van der Waals surface area contributed by atoms with Gasteiger partial charge in [0.2, 0.25) is 11.6 Å². The smallest absolute Gasteiger partial charge is 0.260 e. The number of aromatic nitrogens is 4. The molecule has 1 aromatic carbocycles. The van der Waals surface area contributed by atoms with Gasteiger partial charge in [-0.15, -0.1) is 10.2 Å². The third-order valence-corrected chi connectivity index (χ3v) is 3.46. The fourth-order valence-electron chi connectivity index (χ4n) is 2.29. The molecule has 0 saturated carbocycles. The second-order valence-corrected chi connectivity index (χ2v) is 5.16. The van der Waals surface area contributed by atoms with Crippen LogP contribution in [-0.2, 0) is 17.8 Å². The first-order valence-electron chi connectivity index (χ1n) is 7.60. The standard InChI is InChI=1S/C16H15F2N5O2/c1-2-25-16-15-22-21-13(23(15)6-5-19-16)9-20-14(24)7-10-3-4-11(17)8-12(10)18/h3-6,8H,2,7,9H2,1H3,(H,20,24). The van der Waals surface area contributed by atoms with Crippen LogP contribution >= 0.6 is 0 Å². The highest BCUT2D eigenvalue weighted by atomic mass is 19.1. The number of nitrogens with one attached hydrogen (secondary N) is 1. The van der Waals surface area contributed by atoms with Crippen LogP contribution in [0.15, 0.2) is 30.6 Å². The molecule has 3 rings (SSSR count). The summed E-state index contributed by atoms with van der Waals surface area (Å²) in [5.74, 6) is -1.03. The van der Waals surface area contributed by atoms with E-state index in [0.29, 0.717) is 24.0 Å². The molecule has 0 aliphatic heterocycles. The predicted octanol–water partition coefficient (Wildman–Crippen LogP) is 1.66. The van der Waals surface area contributed by atoms with E-state index in [1.165, 1.54) is 6.07 Å². The lowest BCUT2D eigenvalue weighted by Crippen LogP contribution is -2.26. The average molecular weight is 347 g/mol. The average Bonchev–Trinajstić information content (AvgIpc) is 3.00. The Hall–Kier alpha value is -3.10. The molecule has 2 heterocycles. The van der Waals surface area contributed by atoms with E-state index in [2.05, 4.69) is 20.5 Å². The van der Waals surface area contributed by atoms with Crippen molar-refractivity contribution in [3.63, 3.8) is 0 Å². The fraction of sp³-hybridized carbons (Fsp3) is 0.250. The molecule has 0 spiro atoms. The van der Waals surface area contributed by atoms with Gasteiger partial charge in [0, 0.05) is 18.5 Å². The minimum atomic E-state index is -0.754. The maximum absolute atomic E-state index is 13.6. The van der Waals surface area contributed by atoms with Gasteiger partial charge in [0.25, 0.3) is 5.88 Å². The number of carbonyl (C=O) groups is 1. The highest BCUT2D eigenvalue weighted by molar-refractivity contribution is 5.78. The number of ether oxygens (including phenoxy) is 1. The van der Waals surface area contributed by atoms with Gasteiger partial charge in [0.1, 0.15) is 11.6 Å². The number of fused-ring (bicyclic) bond motifs is 1. The monoisotopic (exact) mass is 347 g/mol. The van der Waals surface area contributed by atoms with Crippen molar-refractivity contribution < 1.29 is 18.3 Å². The van der Waals surface area contributed by atoms with Gasteiger partial charge in [0.05, 0.1) is 19.6 Å². The Balaban J connectivity index is 1.68. The van der Waals surface area contributed by atoms with Crippen LogP contribution in [0.3, 0.4) is 0 Å².